The first-order valence-corrected chi connectivity index (χ1v) is 11.8. The van der Waals surface area contributed by atoms with E-state index in [1.165, 1.54) is 0 Å². The summed E-state index contributed by atoms with van der Waals surface area (Å²) in [7, 11) is 3.16. The van der Waals surface area contributed by atoms with E-state index in [4.69, 9.17) is 23.7 Å². The van der Waals surface area contributed by atoms with Crippen LogP contribution in [0.1, 0.15) is 46.3 Å². The first-order chi connectivity index (χ1) is 17.9. The summed E-state index contributed by atoms with van der Waals surface area (Å²) in [5.74, 6) is 1.80. The molecule has 0 N–H and O–H groups in total. The zero-order valence-corrected chi connectivity index (χ0v) is 20.8. The number of Topliss-reactive ketones (excluding diaryl/α,β-unsaturated/α-hetero) is 1. The number of hydrogen-bond donors (Lipinski definition) is 0. The predicted molar refractivity (Wildman–Crippen MR) is 138 cm³/mol. The van der Waals surface area contributed by atoms with Crippen LogP contribution in [0.2, 0.25) is 0 Å². The minimum absolute atomic E-state index is 0.0909. The molecule has 37 heavy (non-hydrogen) atoms. The molecule has 1 atom stereocenters. The van der Waals surface area contributed by atoms with E-state index in [1.54, 1.807) is 38.5 Å². The van der Waals surface area contributed by atoms with E-state index in [1.807, 2.05) is 43.3 Å². The summed E-state index contributed by atoms with van der Waals surface area (Å²) in [6.07, 6.45) is 1.78. The third kappa shape index (κ3) is 4.68. The van der Waals surface area contributed by atoms with Crippen LogP contribution in [0.3, 0.4) is 0 Å². The minimum Gasteiger partial charge on any atom is -0.497 e. The SMILES string of the molecule is C=C(C)COc1ccc([C@H]2CC(=O)Oc3ccc4c(c32)O/C(=C\c2ccc(OC)cc2)C4=O)cc1OC. The normalized spacial score (nSPS) is 16.9. The summed E-state index contributed by atoms with van der Waals surface area (Å²) in [4.78, 5) is 25.7. The lowest BCUT2D eigenvalue weighted by Gasteiger charge is -2.26. The number of allylic oxidation sites excluding steroid dienone is 1. The fourth-order valence-electron chi connectivity index (χ4n) is 4.46. The molecule has 0 amide bonds. The molecule has 0 unspecified atom stereocenters. The predicted octanol–water partition coefficient (Wildman–Crippen LogP) is 5.72. The van der Waals surface area contributed by atoms with Crippen LogP contribution < -0.4 is 23.7 Å². The maximum atomic E-state index is 13.2. The van der Waals surface area contributed by atoms with Crippen molar-refractivity contribution in [3.8, 4) is 28.7 Å². The second kappa shape index (κ2) is 9.85. The van der Waals surface area contributed by atoms with Gasteiger partial charge in [0.2, 0.25) is 5.78 Å². The highest BCUT2D eigenvalue weighted by Crippen LogP contribution is 2.49. The van der Waals surface area contributed by atoms with E-state index >= 15 is 0 Å². The van der Waals surface area contributed by atoms with E-state index in [9.17, 15) is 9.59 Å². The third-order valence-electron chi connectivity index (χ3n) is 6.26. The van der Waals surface area contributed by atoms with Crippen LogP contribution in [0.4, 0.5) is 0 Å². The van der Waals surface area contributed by atoms with Crippen molar-refractivity contribution in [2.24, 2.45) is 0 Å². The van der Waals surface area contributed by atoms with Gasteiger partial charge in [0, 0.05) is 11.5 Å². The Balaban J connectivity index is 1.53. The lowest BCUT2D eigenvalue weighted by atomic mass is 9.84. The topological polar surface area (TPSA) is 80.3 Å². The smallest absolute Gasteiger partial charge is 0.312 e. The van der Waals surface area contributed by atoms with Crippen LogP contribution in [-0.2, 0) is 4.79 Å². The Labute approximate surface area is 214 Å². The molecule has 2 aliphatic rings. The second-order valence-electron chi connectivity index (χ2n) is 8.95. The fourth-order valence-corrected chi connectivity index (χ4v) is 4.46. The summed E-state index contributed by atoms with van der Waals surface area (Å²) < 4.78 is 28.2. The summed E-state index contributed by atoms with van der Waals surface area (Å²) in [6, 6.07) is 16.1. The molecule has 2 heterocycles. The number of methoxy groups -OCH3 is 2. The van der Waals surface area contributed by atoms with E-state index in [-0.39, 0.29) is 23.9 Å². The average Bonchev–Trinajstić information content (AvgIpc) is 3.22. The summed E-state index contributed by atoms with van der Waals surface area (Å²) >= 11 is 0. The number of fused-ring (bicyclic) bond motifs is 3. The maximum absolute atomic E-state index is 13.2. The van der Waals surface area contributed by atoms with Crippen molar-refractivity contribution in [3.63, 3.8) is 0 Å². The Bertz CT molecular complexity index is 1430. The first kappa shape index (κ1) is 24.2. The van der Waals surface area contributed by atoms with Gasteiger partial charge in [-0.25, -0.2) is 0 Å². The van der Waals surface area contributed by atoms with Crippen LogP contribution in [0.15, 0.2) is 72.5 Å². The Kier molecular flexibility index (Phi) is 6.44. The number of esters is 1. The van der Waals surface area contributed by atoms with Crippen LogP contribution in [0.5, 0.6) is 28.7 Å². The molecule has 3 aromatic rings. The Morgan fingerprint density at radius 1 is 1.00 bits per heavy atom. The van der Waals surface area contributed by atoms with Crippen molar-refractivity contribution in [2.75, 3.05) is 20.8 Å². The summed E-state index contributed by atoms with van der Waals surface area (Å²) in [6.45, 7) is 6.10. The van der Waals surface area contributed by atoms with Crippen LogP contribution in [-0.4, -0.2) is 32.6 Å². The maximum Gasteiger partial charge on any atom is 0.312 e. The zero-order valence-electron chi connectivity index (χ0n) is 20.8. The number of ketones is 1. The largest absolute Gasteiger partial charge is 0.497 e. The molecule has 0 radical (unpaired) electrons. The van der Waals surface area contributed by atoms with E-state index in [2.05, 4.69) is 6.58 Å². The van der Waals surface area contributed by atoms with Gasteiger partial charge in [0.25, 0.3) is 0 Å². The van der Waals surface area contributed by atoms with Gasteiger partial charge in [-0.3, -0.25) is 9.59 Å². The molecule has 0 aliphatic carbocycles. The first-order valence-electron chi connectivity index (χ1n) is 11.8. The van der Waals surface area contributed by atoms with Gasteiger partial charge >= 0.3 is 5.97 Å². The summed E-state index contributed by atoms with van der Waals surface area (Å²) in [5, 5.41) is 0. The molecule has 3 aromatic carbocycles. The van der Waals surface area contributed by atoms with Gasteiger partial charge in [0.05, 0.1) is 26.2 Å². The third-order valence-corrected chi connectivity index (χ3v) is 6.26. The molecule has 0 aromatic heterocycles. The Hall–Kier alpha value is -4.52. The van der Waals surface area contributed by atoms with Gasteiger partial charge in [0.1, 0.15) is 23.9 Å². The van der Waals surface area contributed by atoms with Crippen molar-refractivity contribution in [2.45, 2.75) is 19.3 Å². The van der Waals surface area contributed by atoms with E-state index in [0.717, 1.165) is 16.7 Å². The molecular weight excluding hydrogens is 472 g/mol. The number of benzene rings is 3. The summed E-state index contributed by atoms with van der Waals surface area (Å²) in [5.41, 5.74) is 3.57. The quantitative estimate of drug-likeness (QED) is 0.178. The molecule has 0 spiro atoms. The molecule has 2 aliphatic heterocycles. The van der Waals surface area contributed by atoms with E-state index in [0.29, 0.717) is 46.5 Å². The van der Waals surface area contributed by atoms with Gasteiger partial charge in [0.15, 0.2) is 17.3 Å². The standard InChI is InChI=1S/C30H26O7/c1-17(2)16-35-23-11-7-19(14-25(23)34-4)22-15-27(31)36-24-12-10-21-29(32)26(37-30(21)28(22)24)13-18-5-8-20(33-3)9-6-18/h5-14,22H,1,15-16H2,2-4H3/b26-13-/t22-/m1/s1. The minimum atomic E-state index is -0.400. The van der Waals surface area contributed by atoms with Gasteiger partial charge < -0.3 is 23.7 Å². The number of rotatable bonds is 7. The van der Waals surface area contributed by atoms with Gasteiger partial charge in [-0.2, -0.15) is 0 Å². The molecule has 5 rings (SSSR count). The van der Waals surface area contributed by atoms with Crippen LogP contribution >= 0.6 is 0 Å². The highest BCUT2D eigenvalue weighted by Gasteiger charge is 2.38. The molecule has 0 saturated carbocycles. The van der Waals surface area contributed by atoms with Crippen molar-refractivity contribution >= 4 is 17.8 Å². The van der Waals surface area contributed by atoms with Gasteiger partial charge in [-0.05, 0) is 66.1 Å². The number of ether oxygens (including phenoxy) is 5. The average molecular weight is 499 g/mol. The molecule has 0 saturated heterocycles. The van der Waals surface area contributed by atoms with Crippen LogP contribution in [0.25, 0.3) is 6.08 Å². The van der Waals surface area contributed by atoms with Crippen molar-refractivity contribution in [1.29, 1.82) is 0 Å². The molecule has 7 heteroatoms. The lowest BCUT2D eigenvalue weighted by Crippen LogP contribution is -2.21. The van der Waals surface area contributed by atoms with Crippen molar-refractivity contribution in [3.05, 3.63) is 94.8 Å². The molecule has 188 valence electrons. The Morgan fingerprint density at radius 2 is 1.78 bits per heavy atom. The monoisotopic (exact) mass is 498 g/mol. The highest BCUT2D eigenvalue weighted by molar-refractivity contribution is 6.15. The number of carbonyl (C=O) groups excluding carboxylic acids is 2. The molecular formula is C30H26O7. The second-order valence-corrected chi connectivity index (χ2v) is 8.95. The lowest BCUT2D eigenvalue weighted by molar-refractivity contribution is -0.135. The zero-order chi connectivity index (χ0) is 26.1. The highest BCUT2D eigenvalue weighted by atomic mass is 16.5. The Morgan fingerprint density at radius 3 is 2.49 bits per heavy atom. The molecule has 0 fully saturated rings. The fraction of sp³-hybridized carbons (Fsp3) is 0.200. The molecule has 0 bridgehead atoms. The van der Waals surface area contributed by atoms with Gasteiger partial charge in [-0.1, -0.05) is 24.8 Å². The van der Waals surface area contributed by atoms with E-state index < -0.39 is 5.92 Å². The van der Waals surface area contributed by atoms with Gasteiger partial charge in [-0.15, -0.1) is 0 Å². The molecule has 7 nitrogen and oxygen atoms in total. The van der Waals surface area contributed by atoms with Crippen LogP contribution in [0, 0.1) is 0 Å². The van der Waals surface area contributed by atoms with Crippen molar-refractivity contribution in [1.82, 2.24) is 0 Å². The number of hydrogen-bond acceptors (Lipinski definition) is 7. The number of carbonyl (C=O) groups is 2. The van der Waals surface area contributed by atoms with Crippen molar-refractivity contribution < 1.29 is 33.3 Å².